The summed E-state index contributed by atoms with van der Waals surface area (Å²) >= 11 is 0. The van der Waals surface area contributed by atoms with Crippen molar-refractivity contribution in [3.63, 3.8) is 0 Å². The van der Waals surface area contributed by atoms with Gasteiger partial charge in [0.05, 0.1) is 35.4 Å². The molecule has 3 rings (SSSR count). The fraction of sp³-hybridized carbons (Fsp3) is 0.417. The highest BCUT2D eigenvalue weighted by Crippen LogP contribution is 2.28. The zero-order valence-corrected chi connectivity index (χ0v) is 20.0. The van der Waals surface area contributed by atoms with Gasteiger partial charge in [0.25, 0.3) is 15.9 Å². The molecule has 0 atom stereocenters. The summed E-state index contributed by atoms with van der Waals surface area (Å²) in [6.07, 6.45) is 3.99. The van der Waals surface area contributed by atoms with Crippen molar-refractivity contribution in [3.8, 4) is 5.75 Å². The van der Waals surface area contributed by atoms with Crippen molar-refractivity contribution in [2.75, 3.05) is 31.5 Å². The smallest absolute Gasteiger partial charge is 0.338 e. The Labute approximate surface area is 194 Å². The van der Waals surface area contributed by atoms with Crippen LogP contribution in [-0.2, 0) is 14.8 Å². The molecule has 33 heavy (non-hydrogen) atoms. The minimum absolute atomic E-state index is 0.0672. The molecule has 1 saturated heterocycles. The van der Waals surface area contributed by atoms with Gasteiger partial charge in [-0.25, -0.2) is 13.2 Å². The summed E-state index contributed by atoms with van der Waals surface area (Å²) in [5.41, 5.74) is 1.20. The molecule has 0 aliphatic carbocycles. The van der Waals surface area contributed by atoms with Crippen molar-refractivity contribution in [3.05, 3.63) is 53.1 Å². The zero-order chi connectivity index (χ0) is 24.0. The fourth-order valence-electron chi connectivity index (χ4n) is 3.85. The first-order valence-corrected chi connectivity index (χ1v) is 12.5. The van der Waals surface area contributed by atoms with Crippen LogP contribution in [0.25, 0.3) is 0 Å². The second kappa shape index (κ2) is 10.7. The molecule has 2 aromatic rings. The van der Waals surface area contributed by atoms with Crippen LogP contribution in [-0.4, -0.2) is 52.0 Å². The van der Waals surface area contributed by atoms with Crippen LogP contribution in [0.3, 0.4) is 0 Å². The maximum Gasteiger partial charge on any atom is 0.338 e. The topological polar surface area (TPSA) is 102 Å². The zero-order valence-electron chi connectivity index (χ0n) is 19.2. The number of carbonyl (C=O) groups is 2. The molecule has 178 valence electrons. The normalized spacial score (nSPS) is 14.3. The Hall–Kier alpha value is -3.07. The van der Waals surface area contributed by atoms with E-state index >= 15 is 0 Å². The van der Waals surface area contributed by atoms with Crippen LogP contribution in [0.5, 0.6) is 5.75 Å². The van der Waals surface area contributed by atoms with Gasteiger partial charge in [-0.15, -0.1) is 0 Å². The largest absolute Gasteiger partial charge is 0.496 e. The van der Waals surface area contributed by atoms with E-state index in [2.05, 4.69) is 4.72 Å². The highest BCUT2D eigenvalue weighted by Gasteiger charge is 2.25. The molecule has 8 nitrogen and oxygen atoms in total. The summed E-state index contributed by atoms with van der Waals surface area (Å²) in [7, 11) is -2.59. The van der Waals surface area contributed by atoms with E-state index in [1.54, 1.807) is 36.9 Å². The number of methoxy groups -OCH3 is 1. The minimum Gasteiger partial charge on any atom is -0.496 e. The van der Waals surface area contributed by atoms with E-state index in [0.29, 0.717) is 24.4 Å². The molecule has 1 heterocycles. The molecule has 0 saturated carbocycles. The monoisotopic (exact) mass is 474 g/mol. The first-order chi connectivity index (χ1) is 15.8. The van der Waals surface area contributed by atoms with E-state index < -0.39 is 16.0 Å². The lowest BCUT2D eigenvalue weighted by molar-refractivity contribution is 0.0525. The van der Waals surface area contributed by atoms with E-state index in [1.165, 1.54) is 25.3 Å². The number of rotatable bonds is 7. The Morgan fingerprint density at radius 1 is 1.03 bits per heavy atom. The molecule has 9 heteroatoms. The summed E-state index contributed by atoms with van der Waals surface area (Å²) < 4.78 is 39.3. The average molecular weight is 475 g/mol. The molecule has 1 aliphatic rings. The van der Waals surface area contributed by atoms with Gasteiger partial charge in [-0.05, 0) is 62.6 Å². The van der Waals surface area contributed by atoms with Gasteiger partial charge in [0.1, 0.15) is 5.75 Å². The van der Waals surface area contributed by atoms with Crippen molar-refractivity contribution in [1.82, 2.24) is 4.90 Å². The Balaban J connectivity index is 1.93. The van der Waals surface area contributed by atoms with Gasteiger partial charge in [-0.1, -0.05) is 18.9 Å². The van der Waals surface area contributed by atoms with Crippen LogP contribution in [0, 0.1) is 6.92 Å². The van der Waals surface area contributed by atoms with Crippen LogP contribution in [0.2, 0.25) is 0 Å². The van der Waals surface area contributed by atoms with Gasteiger partial charge >= 0.3 is 5.97 Å². The van der Waals surface area contributed by atoms with Crippen molar-refractivity contribution in [1.29, 1.82) is 0 Å². The third-order valence-corrected chi connectivity index (χ3v) is 7.04. The molecule has 0 bridgehead atoms. The lowest BCUT2D eigenvalue weighted by Crippen LogP contribution is -2.32. The second-order valence-corrected chi connectivity index (χ2v) is 9.56. The average Bonchev–Trinajstić information content (AvgIpc) is 3.09. The number of likely N-dealkylation sites (tertiary alicyclic amines) is 1. The highest BCUT2D eigenvalue weighted by atomic mass is 32.2. The third kappa shape index (κ3) is 5.65. The van der Waals surface area contributed by atoms with Crippen molar-refractivity contribution >= 4 is 27.6 Å². The summed E-state index contributed by atoms with van der Waals surface area (Å²) in [5, 5.41) is 0. The Kier molecular flexibility index (Phi) is 7.97. The van der Waals surface area contributed by atoms with Crippen LogP contribution in [0.15, 0.2) is 41.3 Å². The molecular formula is C24H30N2O6S. The number of nitrogens with zero attached hydrogens (tertiary/aromatic N) is 1. The van der Waals surface area contributed by atoms with Gasteiger partial charge in [-0.3, -0.25) is 9.52 Å². The molecule has 1 N–H and O–H groups in total. The fourth-order valence-corrected chi connectivity index (χ4v) is 4.99. The number of anilines is 1. The molecule has 1 amide bonds. The SMILES string of the molecule is CCOC(=O)c1cccc(NS(=O)(=O)c2ccc(OC)c(C(=O)N3CCCCCC3)c2)c1C. The lowest BCUT2D eigenvalue weighted by Gasteiger charge is -2.22. The molecule has 0 aromatic heterocycles. The van der Waals surface area contributed by atoms with E-state index in [1.807, 2.05) is 0 Å². The molecule has 0 spiro atoms. The second-order valence-electron chi connectivity index (χ2n) is 7.87. The summed E-state index contributed by atoms with van der Waals surface area (Å²) in [5.74, 6) is -0.444. The number of benzene rings is 2. The van der Waals surface area contributed by atoms with Crippen LogP contribution >= 0.6 is 0 Å². The van der Waals surface area contributed by atoms with Crippen molar-refractivity contribution in [2.45, 2.75) is 44.4 Å². The summed E-state index contributed by atoms with van der Waals surface area (Å²) in [4.78, 5) is 27.0. The third-order valence-electron chi connectivity index (χ3n) is 5.68. The van der Waals surface area contributed by atoms with Gasteiger partial charge < -0.3 is 14.4 Å². The van der Waals surface area contributed by atoms with E-state index in [4.69, 9.17) is 9.47 Å². The molecule has 1 aliphatic heterocycles. The summed E-state index contributed by atoms with van der Waals surface area (Å²) in [6.45, 7) is 4.84. The first-order valence-electron chi connectivity index (χ1n) is 11.1. The summed E-state index contributed by atoms with van der Waals surface area (Å²) in [6, 6.07) is 8.96. The van der Waals surface area contributed by atoms with E-state index in [-0.39, 0.29) is 34.2 Å². The van der Waals surface area contributed by atoms with Crippen LogP contribution in [0.1, 0.15) is 58.9 Å². The van der Waals surface area contributed by atoms with E-state index in [9.17, 15) is 18.0 Å². The number of hydrogen-bond donors (Lipinski definition) is 1. The van der Waals surface area contributed by atoms with Gasteiger partial charge in [-0.2, -0.15) is 0 Å². The molecular weight excluding hydrogens is 444 g/mol. The number of hydrogen-bond acceptors (Lipinski definition) is 6. The quantitative estimate of drug-likeness (QED) is 0.609. The predicted octanol–water partition coefficient (Wildman–Crippen LogP) is 4.00. The number of ether oxygens (including phenoxy) is 2. The molecule has 0 radical (unpaired) electrons. The molecule has 1 fully saturated rings. The predicted molar refractivity (Wildman–Crippen MR) is 125 cm³/mol. The minimum atomic E-state index is -4.04. The van der Waals surface area contributed by atoms with E-state index in [0.717, 1.165) is 25.7 Å². The van der Waals surface area contributed by atoms with Crippen LogP contribution in [0.4, 0.5) is 5.69 Å². The molecule has 0 unspecified atom stereocenters. The standard InChI is InChI=1S/C24H30N2O6S/c1-4-32-24(28)19-10-9-11-21(17(19)2)25-33(29,30)18-12-13-22(31-3)20(16-18)23(27)26-14-7-5-6-8-15-26/h9-13,16,25H,4-8,14-15H2,1-3H3. The number of amides is 1. The number of esters is 1. The number of sulfonamides is 1. The van der Waals surface area contributed by atoms with Gasteiger partial charge in [0.15, 0.2) is 0 Å². The van der Waals surface area contributed by atoms with Gasteiger partial charge in [0, 0.05) is 13.1 Å². The Bertz CT molecular complexity index is 1120. The maximum absolute atomic E-state index is 13.2. The van der Waals surface area contributed by atoms with Crippen LogP contribution < -0.4 is 9.46 Å². The Morgan fingerprint density at radius 2 is 1.73 bits per heavy atom. The number of nitrogens with one attached hydrogen (secondary N) is 1. The maximum atomic E-state index is 13.2. The van der Waals surface area contributed by atoms with Crippen molar-refractivity contribution < 1.29 is 27.5 Å². The Morgan fingerprint density at radius 3 is 2.36 bits per heavy atom. The molecule has 2 aromatic carbocycles. The number of carbonyl (C=O) groups excluding carboxylic acids is 2. The van der Waals surface area contributed by atoms with Gasteiger partial charge in [0.2, 0.25) is 0 Å². The lowest BCUT2D eigenvalue weighted by atomic mass is 10.1. The van der Waals surface area contributed by atoms with Crippen molar-refractivity contribution in [2.24, 2.45) is 0 Å². The highest BCUT2D eigenvalue weighted by molar-refractivity contribution is 7.92. The first kappa shape index (κ1) is 24.6.